The maximum absolute atomic E-state index is 12.3. The molecule has 0 saturated carbocycles. The van der Waals surface area contributed by atoms with Crippen LogP contribution in [0.2, 0.25) is 0 Å². The molecule has 0 aromatic heterocycles. The number of nitrogens with one attached hydrogen (secondary N) is 1. The Balaban J connectivity index is 1.29. The van der Waals surface area contributed by atoms with E-state index in [-0.39, 0.29) is 11.9 Å². The second-order valence-electron chi connectivity index (χ2n) is 8.50. The van der Waals surface area contributed by atoms with Gasteiger partial charge in [0.05, 0.1) is 18.2 Å². The number of piperidine rings is 1. The lowest BCUT2D eigenvalue weighted by atomic mass is 10.0. The van der Waals surface area contributed by atoms with E-state index in [0.29, 0.717) is 18.6 Å². The van der Waals surface area contributed by atoms with E-state index in [1.54, 1.807) is 0 Å². The topological polar surface area (TPSA) is 65.4 Å². The predicted octanol–water partition coefficient (Wildman–Crippen LogP) is 4.51. The molecule has 0 aliphatic carbocycles. The fourth-order valence-electron chi connectivity index (χ4n) is 3.97. The lowest BCUT2D eigenvalue weighted by Crippen LogP contribution is -2.44. The van der Waals surface area contributed by atoms with Crippen molar-refractivity contribution in [3.63, 3.8) is 0 Å². The van der Waals surface area contributed by atoms with E-state index in [1.807, 2.05) is 18.2 Å². The quantitative estimate of drug-likeness (QED) is 0.608. The van der Waals surface area contributed by atoms with E-state index >= 15 is 0 Å². The largest absolute Gasteiger partial charge is 0.493 e. The zero-order valence-electron chi connectivity index (χ0n) is 18.7. The van der Waals surface area contributed by atoms with Crippen LogP contribution in [0.4, 0.5) is 0 Å². The van der Waals surface area contributed by atoms with E-state index in [9.17, 15) is 4.79 Å². The van der Waals surface area contributed by atoms with Gasteiger partial charge in [-0.3, -0.25) is 9.69 Å². The third-order valence-electron chi connectivity index (χ3n) is 5.81. The molecule has 2 aromatic carbocycles. The van der Waals surface area contributed by atoms with Crippen LogP contribution in [-0.4, -0.2) is 36.5 Å². The van der Waals surface area contributed by atoms with Gasteiger partial charge in [-0.1, -0.05) is 24.3 Å². The van der Waals surface area contributed by atoms with E-state index in [4.69, 9.17) is 10.00 Å². The minimum Gasteiger partial charge on any atom is -0.493 e. The maximum Gasteiger partial charge on any atom is 0.220 e. The second-order valence-corrected chi connectivity index (χ2v) is 8.50. The van der Waals surface area contributed by atoms with Crippen LogP contribution in [0.5, 0.6) is 5.75 Å². The van der Waals surface area contributed by atoms with E-state index in [1.165, 1.54) is 11.1 Å². The number of hydrogen-bond acceptors (Lipinski definition) is 4. The zero-order chi connectivity index (χ0) is 22.1. The molecule has 1 fully saturated rings. The van der Waals surface area contributed by atoms with Gasteiger partial charge >= 0.3 is 0 Å². The van der Waals surface area contributed by atoms with Crippen LogP contribution >= 0.6 is 0 Å². The van der Waals surface area contributed by atoms with Crippen LogP contribution in [0.15, 0.2) is 42.5 Å². The summed E-state index contributed by atoms with van der Waals surface area (Å²) >= 11 is 0. The number of carbonyl (C=O) groups excluding carboxylic acids is 1. The number of ether oxygens (including phenoxy) is 1. The molecule has 3 rings (SSSR count). The van der Waals surface area contributed by atoms with Crippen LogP contribution in [-0.2, 0) is 11.3 Å². The fourth-order valence-corrected chi connectivity index (χ4v) is 3.97. The minimum atomic E-state index is 0.145. The van der Waals surface area contributed by atoms with E-state index in [0.717, 1.165) is 56.6 Å². The van der Waals surface area contributed by atoms with Crippen LogP contribution in [0.25, 0.3) is 0 Å². The van der Waals surface area contributed by atoms with Gasteiger partial charge in [-0.15, -0.1) is 0 Å². The SMILES string of the molecule is Cc1ccc(C)c(OCCCCC(=O)NC2CCN(Cc3cccc(C#N)c3)CC2)c1. The summed E-state index contributed by atoms with van der Waals surface area (Å²) in [4.78, 5) is 14.7. The third kappa shape index (κ3) is 7.41. The van der Waals surface area contributed by atoms with Gasteiger partial charge in [0.15, 0.2) is 0 Å². The van der Waals surface area contributed by atoms with Gasteiger partial charge in [-0.2, -0.15) is 5.26 Å². The first-order valence-corrected chi connectivity index (χ1v) is 11.2. The van der Waals surface area contributed by atoms with Crippen molar-refractivity contribution in [2.24, 2.45) is 0 Å². The Morgan fingerprint density at radius 1 is 1.16 bits per heavy atom. The molecule has 1 aliphatic heterocycles. The monoisotopic (exact) mass is 419 g/mol. The summed E-state index contributed by atoms with van der Waals surface area (Å²) in [5.41, 5.74) is 4.22. The molecular weight excluding hydrogens is 386 g/mol. The number of rotatable bonds is 9. The minimum absolute atomic E-state index is 0.145. The Morgan fingerprint density at radius 2 is 1.97 bits per heavy atom. The summed E-state index contributed by atoms with van der Waals surface area (Å²) in [6.07, 6.45) is 4.21. The molecular formula is C26H33N3O2. The Bertz CT molecular complexity index is 911. The van der Waals surface area contributed by atoms with Gasteiger partial charge in [-0.05, 0) is 74.4 Å². The normalized spacial score (nSPS) is 14.7. The van der Waals surface area contributed by atoms with Gasteiger partial charge in [0.2, 0.25) is 5.91 Å². The number of nitrogens with zero attached hydrogens (tertiary/aromatic N) is 2. The number of likely N-dealkylation sites (tertiary alicyclic amines) is 1. The number of benzene rings is 2. The highest BCUT2D eigenvalue weighted by molar-refractivity contribution is 5.76. The molecule has 1 heterocycles. The first-order chi connectivity index (χ1) is 15.0. The van der Waals surface area contributed by atoms with Crippen molar-refractivity contribution in [2.45, 2.75) is 58.5 Å². The van der Waals surface area contributed by atoms with Gasteiger partial charge < -0.3 is 10.1 Å². The number of amides is 1. The van der Waals surface area contributed by atoms with Crippen molar-refractivity contribution in [3.8, 4) is 11.8 Å². The van der Waals surface area contributed by atoms with E-state index in [2.05, 4.69) is 54.4 Å². The van der Waals surface area contributed by atoms with Crippen molar-refractivity contribution in [3.05, 3.63) is 64.7 Å². The molecule has 0 radical (unpaired) electrons. The standard InChI is InChI=1S/C26H33N3O2/c1-20-9-10-21(2)25(16-20)31-15-4-3-8-26(30)28-24-11-13-29(14-12-24)19-23-7-5-6-22(17-23)18-27/h5-7,9-10,16-17,24H,3-4,8,11-15,19H2,1-2H3,(H,28,30). The highest BCUT2D eigenvalue weighted by Crippen LogP contribution is 2.19. The summed E-state index contributed by atoms with van der Waals surface area (Å²) in [5.74, 6) is 1.09. The van der Waals surface area contributed by atoms with E-state index < -0.39 is 0 Å². The van der Waals surface area contributed by atoms with Crippen molar-refractivity contribution >= 4 is 5.91 Å². The first-order valence-electron chi connectivity index (χ1n) is 11.2. The Kier molecular flexibility index (Phi) is 8.49. The number of aryl methyl sites for hydroxylation is 2. The molecule has 0 atom stereocenters. The average molecular weight is 420 g/mol. The molecule has 1 amide bonds. The number of carbonyl (C=O) groups is 1. The van der Waals surface area contributed by atoms with Crippen LogP contribution in [0.1, 0.15) is 54.4 Å². The van der Waals surface area contributed by atoms with Crippen molar-refractivity contribution in [1.29, 1.82) is 5.26 Å². The van der Waals surface area contributed by atoms with Crippen LogP contribution in [0, 0.1) is 25.2 Å². The molecule has 0 bridgehead atoms. The summed E-state index contributed by atoms with van der Waals surface area (Å²) in [6.45, 7) is 7.54. The highest BCUT2D eigenvalue weighted by atomic mass is 16.5. The maximum atomic E-state index is 12.3. The number of unbranched alkanes of at least 4 members (excludes halogenated alkanes) is 1. The molecule has 1 saturated heterocycles. The van der Waals surface area contributed by atoms with Crippen LogP contribution in [0.3, 0.4) is 0 Å². The molecule has 1 N–H and O–H groups in total. The molecule has 1 aliphatic rings. The summed E-state index contributed by atoms with van der Waals surface area (Å²) < 4.78 is 5.87. The third-order valence-corrected chi connectivity index (χ3v) is 5.81. The summed E-state index contributed by atoms with van der Waals surface area (Å²) in [6, 6.07) is 16.5. The number of hydrogen-bond donors (Lipinski definition) is 1. The van der Waals surface area contributed by atoms with Crippen LogP contribution < -0.4 is 10.1 Å². The Hall–Kier alpha value is -2.84. The lowest BCUT2D eigenvalue weighted by Gasteiger charge is -2.32. The molecule has 0 spiro atoms. The van der Waals surface area contributed by atoms with Crippen molar-refractivity contribution in [2.75, 3.05) is 19.7 Å². The van der Waals surface area contributed by atoms with Crippen molar-refractivity contribution < 1.29 is 9.53 Å². The molecule has 5 nitrogen and oxygen atoms in total. The zero-order valence-corrected chi connectivity index (χ0v) is 18.7. The molecule has 2 aromatic rings. The smallest absolute Gasteiger partial charge is 0.220 e. The average Bonchev–Trinajstić information content (AvgIpc) is 2.77. The summed E-state index contributed by atoms with van der Waals surface area (Å²) in [7, 11) is 0. The van der Waals surface area contributed by atoms with Gasteiger partial charge in [0, 0.05) is 32.1 Å². The van der Waals surface area contributed by atoms with Crippen molar-refractivity contribution in [1.82, 2.24) is 10.2 Å². The molecule has 164 valence electrons. The first kappa shape index (κ1) is 22.8. The lowest BCUT2D eigenvalue weighted by molar-refractivity contribution is -0.122. The van der Waals surface area contributed by atoms with Gasteiger partial charge in [-0.25, -0.2) is 0 Å². The van der Waals surface area contributed by atoms with Gasteiger partial charge in [0.25, 0.3) is 0 Å². The second kappa shape index (κ2) is 11.5. The Labute approximate surface area is 186 Å². The predicted molar refractivity (Wildman–Crippen MR) is 123 cm³/mol. The molecule has 31 heavy (non-hydrogen) atoms. The summed E-state index contributed by atoms with van der Waals surface area (Å²) in [5, 5.41) is 12.2. The molecule has 0 unspecified atom stereocenters. The fraction of sp³-hybridized carbons (Fsp3) is 0.462. The van der Waals surface area contributed by atoms with Gasteiger partial charge in [0.1, 0.15) is 5.75 Å². The highest BCUT2D eigenvalue weighted by Gasteiger charge is 2.20. The molecule has 5 heteroatoms. The number of nitriles is 1. The Morgan fingerprint density at radius 3 is 2.74 bits per heavy atom.